The molecule has 98 valence electrons. The van der Waals surface area contributed by atoms with Gasteiger partial charge in [0, 0.05) is 20.1 Å². The number of imidazole rings is 1. The van der Waals surface area contributed by atoms with Crippen molar-refractivity contribution >= 4 is 11.2 Å². The van der Waals surface area contributed by atoms with E-state index in [1.165, 1.54) is 9.13 Å². The molecule has 18 heavy (non-hydrogen) atoms. The number of likely N-dealkylation sites (N-methyl/N-ethyl adjacent to an activating group) is 1. The van der Waals surface area contributed by atoms with E-state index in [-0.39, 0.29) is 11.2 Å². The van der Waals surface area contributed by atoms with Gasteiger partial charge in [-0.1, -0.05) is 0 Å². The van der Waals surface area contributed by atoms with E-state index in [0.717, 1.165) is 0 Å². The van der Waals surface area contributed by atoms with Gasteiger partial charge in [-0.15, -0.1) is 0 Å². The standard InChI is InChI=1S/C11H17N5O2/c1-7-12-8-9(13-7)15(4)11(18)16(10(8)17)6-5-14(2)3/h5-6H2,1-4H3,(H,12,13). The molecule has 2 aromatic rings. The zero-order valence-electron chi connectivity index (χ0n) is 11.0. The summed E-state index contributed by atoms with van der Waals surface area (Å²) in [5.74, 6) is 0.627. The fraction of sp³-hybridized carbons (Fsp3) is 0.545. The molecular formula is C11H17N5O2. The summed E-state index contributed by atoms with van der Waals surface area (Å²) in [5, 5.41) is 0. The molecule has 0 fully saturated rings. The van der Waals surface area contributed by atoms with E-state index >= 15 is 0 Å². The Kier molecular flexibility index (Phi) is 3.08. The van der Waals surface area contributed by atoms with Gasteiger partial charge in [-0.3, -0.25) is 13.9 Å². The van der Waals surface area contributed by atoms with Crippen molar-refractivity contribution in [3.8, 4) is 0 Å². The average Bonchev–Trinajstić information content (AvgIpc) is 2.68. The summed E-state index contributed by atoms with van der Waals surface area (Å²) in [7, 11) is 5.42. The van der Waals surface area contributed by atoms with E-state index in [1.807, 2.05) is 19.0 Å². The summed E-state index contributed by atoms with van der Waals surface area (Å²) >= 11 is 0. The number of nitrogens with one attached hydrogen (secondary N) is 1. The third-order valence-electron chi connectivity index (χ3n) is 2.87. The molecule has 1 N–H and O–H groups in total. The minimum absolute atomic E-state index is 0.310. The Hall–Kier alpha value is -1.89. The van der Waals surface area contributed by atoms with E-state index in [2.05, 4.69) is 9.97 Å². The van der Waals surface area contributed by atoms with Crippen molar-refractivity contribution in [3.63, 3.8) is 0 Å². The van der Waals surface area contributed by atoms with E-state index in [9.17, 15) is 9.59 Å². The number of hydrogen-bond donors (Lipinski definition) is 1. The minimum atomic E-state index is -0.333. The van der Waals surface area contributed by atoms with Crippen LogP contribution in [-0.4, -0.2) is 44.6 Å². The summed E-state index contributed by atoms with van der Waals surface area (Å²) < 4.78 is 2.63. The van der Waals surface area contributed by atoms with Crippen LogP contribution in [0.25, 0.3) is 11.2 Å². The first-order valence-electron chi connectivity index (χ1n) is 5.72. The number of aromatic amines is 1. The van der Waals surface area contributed by atoms with Gasteiger partial charge in [0.15, 0.2) is 5.65 Å². The van der Waals surface area contributed by atoms with Crippen molar-refractivity contribution in [1.29, 1.82) is 0 Å². The van der Waals surface area contributed by atoms with Gasteiger partial charge >= 0.3 is 5.69 Å². The van der Waals surface area contributed by atoms with Crippen LogP contribution in [0.2, 0.25) is 0 Å². The van der Waals surface area contributed by atoms with Crippen molar-refractivity contribution in [2.24, 2.45) is 7.05 Å². The topological polar surface area (TPSA) is 75.9 Å². The van der Waals surface area contributed by atoms with Crippen molar-refractivity contribution < 1.29 is 0 Å². The molecule has 0 atom stereocenters. The maximum atomic E-state index is 12.2. The lowest BCUT2D eigenvalue weighted by Gasteiger charge is -2.11. The maximum absolute atomic E-state index is 12.2. The van der Waals surface area contributed by atoms with Crippen LogP contribution in [0.4, 0.5) is 0 Å². The quantitative estimate of drug-likeness (QED) is 0.782. The van der Waals surface area contributed by atoms with Gasteiger partial charge in [0.2, 0.25) is 0 Å². The predicted octanol–water partition coefficient (Wildman–Crippen LogP) is -0.707. The predicted molar refractivity (Wildman–Crippen MR) is 68.9 cm³/mol. The Labute approximate surface area is 104 Å². The second-order valence-corrected chi connectivity index (χ2v) is 4.62. The molecule has 7 nitrogen and oxygen atoms in total. The number of H-pyrrole nitrogens is 1. The molecule has 2 rings (SSSR count). The molecule has 0 aliphatic heterocycles. The number of aromatic nitrogens is 4. The van der Waals surface area contributed by atoms with Gasteiger partial charge in [-0.05, 0) is 21.0 Å². The van der Waals surface area contributed by atoms with Crippen LogP contribution in [-0.2, 0) is 13.6 Å². The van der Waals surface area contributed by atoms with Gasteiger partial charge in [-0.25, -0.2) is 9.78 Å². The number of nitrogens with zero attached hydrogens (tertiary/aromatic N) is 4. The number of fused-ring (bicyclic) bond motifs is 1. The van der Waals surface area contributed by atoms with Crippen LogP contribution >= 0.6 is 0 Å². The first-order valence-corrected chi connectivity index (χ1v) is 5.72. The summed E-state index contributed by atoms with van der Waals surface area (Å²) in [6.45, 7) is 2.76. The SMILES string of the molecule is Cc1nc2c([nH]1)c(=O)n(CCN(C)C)c(=O)n2C. The van der Waals surface area contributed by atoms with Crippen molar-refractivity contribution in [3.05, 3.63) is 26.7 Å². The van der Waals surface area contributed by atoms with Gasteiger partial charge in [0.05, 0.1) is 0 Å². The van der Waals surface area contributed by atoms with Crippen LogP contribution in [0.3, 0.4) is 0 Å². The molecule has 0 saturated heterocycles. The van der Waals surface area contributed by atoms with Gasteiger partial charge in [0.25, 0.3) is 5.56 Å². The largest absolute Gasteiger partial charge is 0.336 e. The smallest absolute Gasteiger partial charge is 0.332 e. The second kappa shape index (κ2) is 4.41. The minimum Gasteiger partial charge on any atom is -0.336 e. The van der Waals surface area contributed by atoms with Crippen molar-refractivity contribution in [2.45, 2.75) is 13.5 Å². The second-order valence-electron chi connectivity index (χ2n) is 4.62. The Morgan fingerprint density at radius 1 is 1.33 bits per heavy atom. The van der Waals surface area contributed by atoms with Crippen LogP contribution in [0.15, 0.2) is 9.59 Å². The fourth-order valence-corrected chi connectivity index (χ4v) is 1.86. The Bertz CT molecular complexity index is 692. The fourth-order valence-electron chi connectivity index (χ4n) is 1.86. The van der Waals surface area contributed by atoms with E-state index < -0.39 is 0 Å². The van der Waals surface area contributed by atoms with Crippen LogP contribution < -0.4 is 11.2 Å². The van der Waals surface area contributed by atoms with Crippen molar-refractivity contribution in [1.82, 2.24) is 24.0 Å². The first kappa shape index (κ1) is 12.6. The lowest BCUT2D eigenvalue weighted by atomic mass is 10.5. The van der Waals surface area contributed by atoms with Crippen LogP contribution in [0, 0.1) is 6.92 Å². The molecular weight excluding hydrogens is 234 g/mol. The molecule has 7 heteroatoms. The molecule has 2 aromatic heterocycles. The van der Waals surface area contributed by atoms with E-state index in [4.69, 9.17) is 0 Å². The lowest BCUT2D eigenvalue weighted by molar-refractivity contribution is 0.375. The van der Waals surface area contributed by atoms with Crippen LogP contribution in [0.1, 0.15) is 5.82 Å². The average molecular weight is 251 g/mol. The lowest BCUT2D eigenvalue weighted by Crippen LogP contribution is -2.41. The molecule has 2 heterocycles. The highest BCUT2D eigenvalue weighted by Gasteiger charge is 2.13. The molecule has 0 aliphatic rings. The summed E-state index contributed by atoms with van der Waals surface area (Å²) in [5.41, 5.74) is 0.147. The molecule has 0 saturated carbocycles. The number of aryl methyl sites for hydroxylation is 2. The molecule has 0 unspecified atom stereocenters. The molecule has 0 bridgehead atoms. The Balaban J connectivity index is 2.67. The highest BCUT2D eigenvalue weighted by molar-refractivity contribution is 5.69. The molecule has 0 spiro atoms. The number of rotatable bonds is 3. The molecule has 0 aromatic carbocycles. The van der Waals surface area contributed by atoms with E-state index in [0.29, 0.717) is 30.1 Å². The van der Waals surface area contributed by atoms with Gasteiger partial charge in [-0.2, -0.15) is 0 Å². The summed E-state index contributed by atoms with van der Waals surface area (Å²) in [6, 6.07) is 0. The molecule has 0 aliphatic carbocycles. The summed E-state index contributed by atoms with van der Waals surface area (Å²) in [4.78, 5) is 33.3. The van der Waals surface area contributed by atoms with Crippen LogP contribution in [0.5, 0.6) is 0 Å². The Morgan fingerprint density at radius 3 is 2.61 bits per heavy atom. The third kappa shape index (κ3) is 1.97. The normalized spacial score (nSPS) is 11.6. The molecule has 0 radical (unpaired) electrons. The zero-order chi connectivity index (χ0) is 13.4. The van der Waals surface area contributed by atoms with Gasteiger partial charge < -0.3 is 9.88 Å². The highest BCUT2D eigenvalue weighted by atomic mass is 16.2. The first-order chi connectivity index (χ1) is 8.41. The number of hydrogen-bond acceptors (Lipinski definition) is 4. The zero-order valence-corrected chi connectivity index (χ0v) is 11.0. The van der Waals surface area contributed by atoms with Gasteiger partial charge in [0.1, 0.15) is 11.3 Å². The highest BCUT2D eigenvalue weighted by Crippen LogP contribution is 2.02. The maximum Gasteiger partial charge on any atom is 0.332 e. The van der Waals surface area contributed by atoms with Crippen molar-refractivity contribution in [2.75, 3.05) is 20.6 Å². The Morgan fingerprint density at radius 2 is 2.00 bits per heavy atom. The molecule has 0 amide bonds. The van der Waals surface area contributed by atoms with E-state index in [1.54, 1.807) is 14.0 Å². The summed E-state index contributed by atoms with van der Waals surface area (Å²) in [6.07, 6.45) is 0. The third-order valence-corrected chi connectivity index (χ3v) is 2.87. The monoisotopic (exact) mass is 251 g/mol.